The maximum Gasteiger partial charge on any atom is 0.261 e. The molecule has 0 unspecified atom stereocenters. The number of nitrogens with one attached hydrogen (secondary N) is 3. The third kappa shape index (κ3) is 5.14. The Bertz CT molecular complexity index is 1170. The number of hydrogen-bond acceptors (Lipinski definition) is 3. The molecule has 3 N–H and O–H groups in total. The number of benzene rings is 3. The molecule has 0 heterocycles. The summed E-state index contributed by atoms with van der Waals surface area (Å²) in [6.07, 6.45) is 0. The lowest BCUT2D eigenvalue weighted by atomic mass is 10.1. The SMILES string of the molecule is Cc1cc(C)c(NS(=O)(=O)c2ccc(NC(=S)Nc3ccccc3F)cc2)c(C)c1. The minimum atomic E-state index is -3.75. The molecular formula is C22H22FN3O2S2. The van der Waals surface area contributed by atoms with Crippen LogP contribution in [0.15, 0.2) is 65.6 Å². The molecule has 0 saturated carbocycles. The Labute approximate surface area is 181 Å². The van der Waals surface area contributed by atoms with E-state index in [1.165, 1.54) is 18.2 Å². The highest BCUT2D eigenvalue weighted by molar-refractivity contribution is 7.92. The fourth-order valence-corrected chi connectivity index (χ4v) is 4.53. The highest BCUT2D eigenvalue weighted by Gasteiger charge is 2.17. The molecule has 0 aromatic heterocycles. The molecule has 0 aliphatic rings. The lowest BCUT2D eigenvalue weighted by Gasteiger charge is -2.15. The quantitative estimate of drug-likeness (QED) is 0.463. The van der Waals surface area contributed by atoms with Crippen molar-refractivity contribution < 1.29 is 12.8 Å². The number of hydrogen-bond donors (Lipinski definition) is 3. The summed E-state index contributed by atoms with van der Waals surface area (Å²) in [6.45, 7) is 5.71. The zero-order valence-corrected chi connectivity index (χ0v) is 18.4. The minimum absolute atomic E-state index is 0.125. The molecular weight excluding hydrogens is 421 g/mol. The second-order valence-electron chi connectivity index (χ2n) is 6.96. The van der Waals surface area contributed by atoms with Crippen LogP contribution in [0.3, 0.4) is 0 Å². The van der Waals surface area contributed by atoms with E-state index in [1.807, 2.05) is 32.9 Å². The summed E-state index contributed by atoms with van der Waals surface area (Å²) in [6, 6.07) is 16.2. The maximum atomic E-state index is 13.7. The lowest BCUT2D eigenvalue weighted by molar-refractivity contribution is 0.601. The van der Waals surface area contributed by atoms with Gasteiger partial charge in [0.2, 0.25) is 0 Å². The maximum absolute atomic E-state index is 13.7. The van der Waals surface area contributed by atoms with Crippen molar-refractivity contribution in [3.05, 3.63) is 83.2 Å². The number of anilines is 3. The molecule has 0 bridgehead atoms. The lowest BCUT2D eigenvalue weighted by Crippen LogP contribution is -2.20. The summed E-state index contributed by atoms with van der Waals surface area (Å²) in [5, 5.41) is 5.87. The summed E-state index contributed by atoms with van der Waals surface area (Å²) in [7, 11) is -3.75. The van der Waals surface area contributed by atoms with Gasteiger partial charge in [-0.25, -0.2) is 12.8 Å². The largest absolute Gasteiger partial charge is 0.332 e. The summed E-state index contributed by atoms with van der Waals surface area (Å²) in [4.78, 5) is 0.125. The molecule has 30 heavy (non-hydrogen) atoms. The van der Waals surface area contributed by atoms with Crippen molar-refractivity contribution in [2.75, 3.05) is 15.4 Å². The standard InChI is InChI=1S/C22H22FN3O2S2/c1-14-12-15(2)21(16(3)13-14)26-30(27,28)18-10-8-17(9-11-18)24-22(29)25-20-7-5-4-6-19(20)23/h4-13,26H,1-3H3,(H2,24,25,29). The molecule has 0 fully saturated rings. The Hall–Kier alpha value is -2.97. The molecule has 0 aliphatic carbocycles. The fourth-order valence-electron chi connectivity index (χ4n) is 3.10. The fraction of sp³-hybridized carbons (Fsp3) is 0.136. The highest BCUT2D eigenvalue weighted by Crippen LogP contribution is 2.25. The zero-order chi connectivity index (χ0) is 21.9. The number of para-hydroxylation sites is 1. The van der Waals surface area contributed by atoms with Crippen LogP contribution < -0.4 is 15.4 Å². The summed E-state index contributed by atoms with van der Waals surface area (Å²) < 4.78 is 42.0. The zero-order valence-electron chi connectivity index (χ0n) is 16.8. The van der Waals surface area contributed by atoms with Gasteiger partial charge in [0.25, 0.3) is 10.0 Å². The van der Waals surface area contributed by atoms with Crippen molar-refractivity contribution in [2.24, 2.45) is 0 Å². The van der Waals surface area contributed by atoms with Crippen LogP contribution >= 0.6 is 12.2 Å². The van der Waals surface area contributed by atoms with Crippen molar-refractivity contribution in [3.63, 3.8) is 0 Å². The highest BCUT2D eigenvalue weighted by atomic mass is 32.2. The third-order valence-electron chi connectivity index (χ3n) is 4.46. The summed E-state index contributed by atoms with van der Waals surface area (Å²) in [5.41, 5.74) is 4.20. The molecule has 156 valence electrons. The average molecular weight is 444 g/mol. The van der Waals surface area contributed by atoms with Gasteiger partial charge in [-0.3, -0.25) is 4.72 Å². The van der Waals surface area contributed by atoms with Crippen LogP contribution in [0, 0.1) is 26.6 Å². The Morgan fingerprint density at radius 3 is 2.10 bits per heavy atom. The van der Waals surface area contributed by atoms with E-state index in [1.54, 1.807) is 30.3 Å². The molecule has 3 rings (SSSR count). The van der Waals surface area contributed by atoms with Gasteiger partial charge in [0.1, 0.15) is 5.82 Å². The van der Waals surface area contributed by atoms with Crippen LogP contribution in [-0.2, 0) is 10.0 Å². The summed E-state index contributed by atoms with van der Waals surface area (Å²) >= 11 is 5.19. The smallest absolute Gasteiger partial charge is 0.261 e. The molecule has 0 amide bonds. The predicted molar refractivity (Wildman–Crippen MR) is 124 cm³/mol. The molecule has 3 aromatic carbocycles. The van der Waals surface area contributed by atoms with E-state index in [0.29, 0.717) is 11.4 Å². The first-order valence-corrected chi connectivity index (χ1v) is 11.1. The first kappa shape index (κ1) is 21.7. The van der Waals surface area contributed by atoms with Gasteiger partial charge in [-0.2, -0.15) is 0 Å². The normalized spacial score (nSPS) is 11.1. The Morgan fingerprint density at radius 1 is 0.900 bits per heavy atom. The Morgan fingerprint density at radius 2 is 1.50 bits per heavy atom. The first-order valence-electron chi connectivity index (χ1n) is 9.19. The van der Waals surface area contributed by atoms with Gasteiger partial charge in [-0.15, -0.1) is 0 Å². The predicted octanol–water partition coefficient (Wildman–Crippen LogP) is 5.36. The molecule has 3 aromatic rings. The molecule has 0 aliphatic heterocycles. The van der Waals surface area contributed by atoms with Crippen molar-refractivity contribution in [2.45, 2.75) is 25.7 Å². The van der Waals surface area contributed by atoms with Crippen molar-refractivity contribution in [1.82, 2.24) is 0 Å². The second-order valence-corrected chi connectivity index (χ2v) is 9.05. The van der Waals surface area contributed by atoms with Gasteiger partial charge in [-0.1, -0.05) is 29.8 Å². The van der Waals surface area contributed by atoms with Gasteiger partial charge in [-0.05, 0) is 80.5 Å². The monoisotopic (exact) mass is 443 g/mol. The van der Waals surface area contributed by atoms with Crippen molar-refractivity contribution in [3.8, 4) is 0 Å². The van der Waals surface area contributed by atoms with Crippen molar-refractivity contribution >= 4 is 44.4 Å². The summed E-state index contributed by atoms with van der Waals surface area (Å²) in [5.74, 6) is -0.421. The number of halogens is 1. The minimum Gasteiger partial charge on any atom is -0.332 e. The molecule has 5 nitrogen and oxygen atoms in total. The Balaban J connectivity index is 1.72. The Kier molecular flexibility index (Phi) is 6.38. The van der Waals surface area contributed by atoms with E-state index < -0.39 is 15.8 Å². The van der Waals surface area contributed by atoms with Gasteiger partial charge < -0.3 is 10.6 Å². The van der Waals surface area contributed by atoms with E-state index in [-0.39, 0.29) is 15.7 Å². The van der Waals surface area contributed by atoms with Gasteiger partial charge in [0, 0.05) is 5.69 Å². The van der Waals surface area contributed by atoms with Gasteiger partial charge in [0.05, 0.1) is 16.3 Å². The van der Waals surface area contributed by atoms with Crippen LogP contribution in [0.4, 0.5) is 21.5 Å². The van der Waals surface area contributed by atoms with Crippen LogP contribution in [0.2, 0.25) is 0 Å². The third-order valence-corrected chi connectivity index (χ3v) is 6.03. The molecule has 0 saturated heterocycles. The van der Waals surface area contributed by atoms with Crippen LogP contribution in [0.25, 0.3) is 0 Å². The van der Waals surface area contributed by atoms with Gasteiger partial charge >= 0.3 is 0 Å². The van der Waals surface area contributed by atoms with Crippen molar-refractivity contribution in [1.29, 1.82) is 0 Å². The molecule has 0 radical (unpaired) electrons. The van der Waals surface area contributed by atoms with Crippen LogP contribution in [-0.4, -0.2) is 13.5 Å². The average Bonchev–Trinajstić information content (AvgIpc) is 2.67. The molecule has 0 spiro atoms. The van der Waals surface area contributed by atoms with E-state index in [0.717, 1.165) is 16.7 Å². The molecule has 8 heteroatoms. The topological polar surface area (TPSA) is 70.2 Å². The number of rotatable bonds is 5. The van der Waals surface area contributed by atoms with E-state index in [2.05, 4.69) is 15.4 Å². The second kappa shape index (κ2) is 8.81. The van der Waals surface area contributed by atoms with E-state index in [9.17, 15) is 12.8 Å². The van der Waals surface area contributed by atoms with E-state index >= 15 is 0 Å². The number of sulfonamides is 1. The number of aryl methyl sites for hydroxylation is 3. The van der Waals surface area contributed by atoms with Crippen LogP contribution in [0.1, 0.15) is 16.7 Å². The number of thiocarbonyl (C=S) groups is 1. The molecule has 0 atom stereocenters. The first-order chi connectivity index (χ1) is 14.2. The van der Waals surface area contributed by atoms with E-state index in [4.69, 9.17) is 12.2 Å². The van der Waals surface area contributed by atoms with Gasteiger partial charge in [0.15, 0.2) is 5.11 Å². The van der Waals surface area contributed by atoms with Crippen LogP contribution in [0.5, 0.6) is 0 Å².